The van der Waals surface area contributed by atoms with Crippen LogP contribution in [0.2, 0.25) is 0 Å². The quantitative estimate of drug-likeness (QED) is 0.835. The van der Waals surface area contributed by atoms with Crippen molar-refractivity contribution in [3.63, 3.8) is 0 Å². The number of primary amides is 1. The Kier molecular flexibility index (Phi) is 3.95. The molecule has 1 amide bonds. The van der Waals surface area contributed by atoms with Crippen molar-refractivity contribution in [2.75, 3.05) is 5.73 Å². The maximum absolute atomic E-state index is 13.7. The molecule has 0 radical (unpaired) electrons. The van der Waals surface area contributed by atoms with Gasteiger partial charge in [0.2, 0.25) is 5.91 Å². The minimum Gasteiger partial charge on any atom is -0.399 e. The van der Waals surface area contributed by atoms with Crippen molar-refractivity contribution in [3.05, 3.63) is 59.4 Å². The van der Waals surface area contributed by atoms with E-state index in [0.717, 1.165) is 12.1 Å². The summed E-state index contributed by atoms with van der Waals surface area (Å²) in [7, 11) is -3.84. The fourth-order valence-corrected chi connectivity index (χ4v) is 3.25. The van der Waals surface area contributed by atoms with Crippen LogP contribution in [0, 0.1) is 5.82 Å². The van der Waals surface area contributed by atoms with Gasteiger partial charge in [-0.1, -0.05) is 12.1 Å². The van der Waals surface area contributed by atoms with E-state index >= 15 is 0 Å². The highest BCUT2D eigenvalue weighted by atomic mass is 32.2. The van der Waals surface area contributed by atoms with Crippen LogP contribution in [0.4, 0.5) is 10.1 Å². The van der Waals surface area contributed by atoms with Crippen molar-refractivity contribution in [1.82, 2.24) is 0 Å². The van der Waals surface area contributed by atoms with E-state index in [4.69, 9.17) is 11.5 Å². The monoisotopic (exact) mass is 308 g/mol. The number of rotatable bonds is 4. The Morgan fingerprint density at radius 1 is 1.10 bits per heavy atom. The molecule has 2 aromatic rings. The van der Waals surface area contributed by atoms with Crippen LogP contribution in [0.1, 0.15) is 15.9 Å². The molecule has 0 aliphatic carbocycles. The largest absolute Gasteiger partial charge is 0.399 e. The smallest absolute Gasteiger partial charge is 0.248 e. The van der Waals surface area contributed by atoms with E-state index in [9.17, 15) is 17.6 Å². The summed E-state index contributed by atoms with van der Waals surface area (Å²) in [5, 5.41) is 0. The van der Waals surface area contributed by atoms with Gasteiger partial charge in [0.1, 0.15) is 10.7 Å². The third-order valence-corrected chi connectivity index (χ3v) is 4.60. The Bertz CT molecular complexity index is 786. The summed E-state index contributed by atoms with van der Waals surface area (Å²) in [6.45, 7) is 0. The summed E-state index contributed by atoms with van der Waals surface area (Å²) >= 11 is 0. The first kappa shape index (κ1) is 15.0. The van der Waals surface area contributed by atoms with E-state index in [0.29, 0.717) is 5.56 Å². The van der Waals surface area contributed by atoms with E-state index in [-0.39, 0.29) is 17.0 Å². The number of carbonyl (C=O) groups is 1. The molecule has 110 valence electrons. The van der Waals surface area contributed by atoms with Crippen molar-refractivity contribution in [2.45, 2.75) is 10.6 Å². The third-order valence-electron chi connectivity index (χ3n) is 2.89. The van der Waals surface area contributed by atoms with Gasteiger partial charge in [-0.25, -0.2) is 12.8 Å². The molecule has 0 aliphatic heterocycles. The zero-order chi connectivity index (χ0) is 15.6. The van der Waals surface area contributed by atoms with Crippen LogP contribution in [0.3, 0.4) is 0 Å². The van der Waals surface area contributed by atoms with E-state index in [1.165, 1.54) is 30.3 Å². The number of halogens is 1. The van der Waals surface area contributed by atoms with Crippen LogP contribution in [0.15, 0.2) is 47.4 Å². The van der Waals surface area contributed by atoms with Crippen LogP contribution < -0.4 is 11.5 Å². The molecule has 0 fully saturated rings. The number of anilines is 1. The molecule has 0 spiro atoms. The predicted molar refractivity (Wildman–Crippen MR) is 76.7 cm³/mol. The fraction of sp³-hybridized carbons (Fsp3) is 0.0714. The number of carbonyl (C=O) groups excluding carboxylic acids is 1. The molecule has 2 aromatic carbocycles. The van der Waals surface area contributed by atoms with E-state index in [2.05, 4.69) is 0 Å². The number of hydrogen-bond donors (Lipinski definition) is 2. The number of benzene rings is 2. The summed E-state index contributed by atoms with van der Waals surface area (Å²) in [6.07, 6.45) is 0. The maximum Gasteiger partial charge on any atom is 0.248 e. The highest BCUT2D eigenvalue weighted by Gasteiger charge is 2.20. The average molecular weight is 308 g/mol. The molecular formula is C14H13FN2O3S. The second kappa shape index (κ2) is 5.53. The molecule has 7 heteroatoms. The summed E-state index contributed by atoms with van der Waals surface area (Å²) in [4.78, 5) is 10.5. The lowest BCUT2D eigenvalue weighted by Gasteiger charge is -2.07. The highest BCUT2D eigenvalue weighted by molar-refractivity contribution is 7.90. The molecule has 0 aromatic heterocycles. The van der Waals surface area contributed by atoms with Gasteiger partial charge < -0.3 is 11.5 Å². The van der Waals surface area contributed by atoms with Gasteiger partial charge in [-0.2, -0.15) is 0 Å². The summed E-state index contributed by atoms with van der Waals surface area (Å²) in [5.41, 5.74) is 11.3. The first-order chi connectivity index (χ1) is 9.79. The van der Waals surface area contributed by atoms with Gasteiger partial charge in [0.05, 0.1) is 5.75 Å². The highest BCUT2D eigenvalue weighted by Crippen LogP contribution is 2.21. The number of nitrogen functional groups attached to an aromatic ring is 1. The van der Waals surface area contributed by atoms with Crippen molar-refractivity contribution in [2.24, 2.45) is 5.73 Å². The van der Waals surface area contributed by atoms with Crippen molar-refractivity contribution >= 4 is 21.4 Å². The Balaban J connectivity index is 2.30. The molecule has 0 saturated carbocycles. The molecule has 5 nitrogen and oxygen atoms in total. The number of hydrogen-bond acceptors (Lipinski definition) is 4. The lowest BCUT2D eigenvalue weighted by Crippen LogP contribution is -2.11. The molecule has 0 unspecified atom stereocenters. The molecule has 2 rings (SSSR count). The molecule has 0 bridgehead atoms. The molecular weight excluding hydrogens is 295 g/mol. The Morgan fingerprint density at radius 2 is 1.71 bits per heavy atom. The summed E-state index contributed by atoms with van der Waals surface area (Å²) in [5.74, 6) is -1.87. The first-order valence-corrected chi connectivity index (χ1v) is 7.61. The zero-order valence-electron chi connectivity index (χ0n) is 10.9. The molecule has 0 aliphatic rings. The standard InChI is InChI=1S/C14H13FN2O3S/c15-12-7-11(16)5-6-13(12)21(19,20)8-9-1-3-10(4-2-9)14(17)18/h1-7H,8,16H2,(H2,17,18). The number of sulfone groups is 1. The molecule has 21 heavy (non-hydrogen) atoms. The summed E-state index contributed by atoms with van der Waals surface area (Å²) in [6, 6.07) is 9.20. The van der Waals surface area contributed by atoms with Gasteiger partial charge >= 0.3 is 0 Å². The van der Waals surface area contributed by atoms with Gasteiger partial charge in [0, 0.05) is 11.3 Å². The van der Waals surface area contributed by atoms with Crippen LogP contribution in [0.25, 0.3) is 0 Å². The van der Waals surface area contributed by atoms with Crippen molar-refractivity contribution in [3.8, 4) is 0 Å². The maximum atomic E-state index is 13.7. The molecule has 0 saturated heterocycles. The van der Waals surface area contributed by atoms with Crippen LogP contribution >= 0.6 is 0 Å². The molecule has 4 N–H and O–H groups in total. The van der Waals surface area contributed by atoms with Crippen LogP contribution in [-0.2, 0) is 15.6 Å². The molecule has 0 heterocycles. The lowest BCUT2D eigenvalue weighted by molar-refractivity contribution is 0.100. The van der Waals surface area contributed by atoms with Gasteiger partial charge in [-0.3, -0.25) is 4.79 Å². The first-order valence-electron chi connectivity index (χ1n) is 5.96. The van der Waals surface area contributed by atoms with Crippen LogP contribution in [-0.4, -0.2) is 14.3 Å². The Hall–Kier alpha value is -2.41. The van der Waals surface area contributed by atoms with Gasteiger partial charge in [0.25, 0.3) is 0 Å². The van der Waals surface area contributed by atoms with E-state index < -0.39 is 26.5 Å². The molecule has 0 atom stereocenters. The van der Waals surface area contributed by atoms with Gasteiger partial charge in [0.15, 0.2) is 9.84 Å². The normalized spacial score (nSPS) is 11.3. The van der Waals surface area contributed by atoms with Crippen molar-refractivity contribution < 1.29 is 17.6 Å². The van der Waals surface area contributed by atoms with Crippen molar-refractivity contribution in [1.29, 1.82) is 0 Å². The van der Waals surface area contributed by atoms with Gasteiger partial charge in [-0.15, -0.1) is 0 Å². The second-order valence-corrected chi connectivity index (χ2v) is 6.47. The topological polar surface area (TPSA) is 103 Å². The Morgan fingerprint density at radius 3 is 2.24 bits per heavy atom. The third kappa shape index (κ3) is 3.38. The average Bonchev–Trinajstić information content (AvgIpc) is 2.38. The Labute approximate surface area is 121 Å². The summed E-state index contributed by atoms with van der Waals surface area (Å²) < 4.78 is 38.1. The van der Waals surface area contributed by atoms with Gasteiger partial charge in [-0.05, 0) is 35.9 Å². The minimum atomic E-state index is -3.84. The lowest BCUT2D eigenvalue weighted by atomic mass is 10.1. The SMILES string of the molecule is NC(=O)c1ccc(CS(=O)(=O)c2ccc(N)cc2F)cc1. The predicted octanol–water partition coefficient (Wildman–Crippen LogP) is 1.48. The fourth-order valence-electron chi connectivity index (χ4n) is 1.83. The minimum absolute atomic E-state index is 0.150. The zero-order valence-corrected chi connectivity index (χ0v) is 11.7. The van der Waals surface area contributed by atoms with E-state index in [1.807, 2.05) is 0 Å². The van der Waals surface area contributed by atoms with Crippen LogP contribution in [0.5, 0.6) is 0 Å². The number of amides is 1. The van der Waals surface area contributed by atoms with E-state index in [1.54, 1.807) is 0 Å². The second-order valence-electron chi connectivity index (χ2n) is 4.51. The number of nitrogens with two attached hydrogens (primary N) is 2.